The third kappa shape index (κ3) is 3.94. The number of aromatic nitrogens is 3. The largest absolute Gasteiger partial charge is 0.497 e. The average molecular weight is 390 g/mol. The summed E-state index contributed by atoms with van der Waals surface area (Å²) in [6.45, 7) is 2.09. The summed E-state index contributed by atoms with van der Waals surface area (Å²) in [5.74, 6) is 0.176. The standard InChI is InChI=1S/C19H20F2N4O3/c1-11(10-27-2)23-19(26)14-9-22-25-16(17(20)21)8-15(24-18(14)25)12-4-6-13(28-3)7-5-12/h4-9,11,17H,10H2,1-3H3,(H,23,26). The summed E-state index contributed by atoms with van der Waals surface area (Å²) in [6, 6.07) is 7.85. The maximum atomic E-state index is 13.6. The second kappa shape index (κ2) is 8.30. The molecule has 0 aliphatic rings. The van der Waals surface area contributed by atoms with Gasteiger partial charge in [0.25, 0.3) is 12.3 Å². The molecule has 1 aromatic carbocycles. The van der Waals surface area contributed by atoms with Crippen molar-refractivity contribution in [1.82, 2.24) is 19.9 Å². The van der Waals surface area contributed by atoms with Gasteiger partial charge in [-0.15, -0.1) is 0 Å². The van der Waals surface area contributed by atoms with Crippen LogP contribution >= 0.6 is 0 Å². The summed E-state index contributed by atoms with van der Waals surface area (Å²) in [6.07, 6.45) is -1.55. The summed E-state index contributed by atoms with van der Waals surface area (Å²) >= 11 is 0. The first-order valence-electron chi connectivity index (χ1n) is 8.55. The molecule has 0 spiro atoms. The van der Waals surface area contributed by atoms with Crippen molar-refractivity contribution in [2.45, 2.75) is 19.4 Å². The quantitative estimate of drug-likeness (QED) is 0.671. The highest BCUT2D eigenvalue weighted by Crippen LogP contribution is 2.27. The van der Waals surface area contributed by atoms with Gasteiger partial charge in [-0.3, -0.25) is 4.79 Å². The Labute approximate surface area is 160 Å². The van der Waals surface area contributed by atoms with E-state index < -0.39 is 12.3 Å². The molecule has 7 nitrogen and oxygen atoms in total. The minimum Gasteiger partial charge on any atom is -0.497 e. The van der Waals surface area contributed by atoms with Crippen molar-refractivity contribution in [3.05, 3.63) is 47.8 Å². The van der Waals surface area contributed by atoms with Crippen LogP contribution in [0.2, 0.25) is 0 Å². The average Bonchev–Trinajstić information content (AvgIpc) is 3.11. The van der Waals surface area contributed by atoms with Crippen LogP contribution in [0.15, 0.2) is 36.5 Å². The van der Waals surface area contributed by atoms with Crippen molar-refractivity contribution >= 4 is 11.6 Å². The molecule has 0 radical (unpaired) electrons. The normalized spacial score (nSPS) is 12.4. The summed E-state index contributed by atoms with van der Waals surface area (Å²) in [5, 5.41) is 6.68. The van der Waals surface area contributed by atoms with Crippen LogP contribution in [-0.4, -0.2) is 47.4 Å². The van der Waals surface area contributed by atoms with E-state index in [2.05, 4.69) is 15.4 Å². The van der Waals surface area contributed by atoms with Gasteiger partial charge in [-0.05, 0) is 37.3 Å². The van der Waals surface area contributed by atoms with Crippen LogP contribution in [0.1, 0.15) is 29.4 Å². The number of fused-ring (bicyclic) bond motifs is 1. The number of hydrogen-bond acceptors (Lipinski definition) is 5. The lowest BCUT2D eigenvalue weighted by atomic mass is 10.1. The topological polar surface area (TPSA) is 77.8 Å². The van der Waals surface area contributed by atoms with Gasteiger partial charge < -0.3 is 14.8 Å². The second-order valence-corrected chi connectivity index (χ2v) is 6.22. The Hall–Kier alpha value is -3.07. The summed E-state index contributed by atoms with van der Waals surface area (Å²) in [7, 11) is 3.06. The molecular weight excluding hydrogens is 370 g/mol. The first kappa shape index (κ1) is 19.7. The van der Waals surface area contributed by atoms with E-state index in [0.29, 0.717) is 23.6 Å². The van der Waals surface area contributed by atoms with Gasteiger partial charge in [0.05, 0.1) is 25.6 Å². The zero-order valence-corrected chi connectivity index (χ0v) is 15.6. The summed E-state index contributed by atoms with van der Waals surface area (Å²) in [4.78, 5) is 17.0. The van der Waals surface area contributed by atoms with E-state index >= 15 is 0 Å². The number of nitrogens with zero attached hydrogens (tertiary/aromatic N) is 3. The van der Waals surface area contributed by atoms with Gasteiger partial charge in [0.2, 0.25) is 0 Å². The molecular formula is C19H20F2N4O3. The fourth-order valence-corrected chi connectivity index (χ4v) is 2.80. The minimum atomic E-state index is -2.79. The van der Waals surface area contributed by atoms with Gasteiger partial charge in [-0.25, -0.2) is 18.3 Å². The van der Waals surface area contributed by atoms with Gasteiger partial charge in [0, 0.05) is 18.7 Å². The Morgan fingerprint density at radius 3 is 2.57 bits per heavy atom. The lowest BCUT2D eigenvalue weighted by molar-refractivity contribution is 0.0907. The first-order valence-corrected chi connectivity index (χ1v) is 8.55. The van der Waals surface area contributed by atoms with Crippen molar-refractivity contribution in [1.29, 1.82) is 0 Å². The molecule has 3 rings (SSSR count). The SMILES string of the molecule is COCC(C)NC(=O)c1cnn2c(C(F)F)cc(-c3ccc(OC)cc3)nc12. The predicted molar refractivity (Wildman–Crippen MR) is 98.7 cm³/mol. The number of alkyl halides is 2. The lowest BCUT2D eigenvalue weighted by Crippen LogP contribution is -2.35. The van der Waals surface area contributed by atoms with Gasteiger partial charge in [-0.2, -0.15) is 5.10 Å². The molecule has 1 unspecified atom stereocenters. The zero-order valence-electron chi connectivity index (χ0n) is 15.6. The molecule has 28 heavy (non-hydrogen) atoms. The number of ether oxygens (including phenoxy) is 2. The highest BCUT2D eigenvalue weighted by atomic mass is 19.3. The summed E-state index contributed by atoms with van der Waals surface area (Å²) in [5.41, 5.74) is 0.751. The maximum Gasteiger partial charge on any atom is 0.280 e. The van der Waals surface area contributed by atoms with Crippen molar-refractivity contribution in [2.75, 3.05) is 20.8 Å². The smallest absolute Gasteiger partial charge is 0.280 e. The molecule has 3 aromatic rings. The van der Waals surface area contributed by atoms with E-state index in [1.807, 2.05) is 0 Å². The van der Waals surface area contributed by atoms with Crippen molar-refractivity contribution in [3.8, 4) is 17.0 Å². The molecule has 9 heteroatoms. The number of benzene rings is 1. The number of amides is 1. The van der Waals surface area contributed by atoms with E-state index in [0.717, 1.165) is 4.52 Å². The van der Waals surface area contributed by atoms with E-state index in [1.165, 1.54) is 26.5 Å². The number of nitrogens with one attached hydrogen (secondary N) is 1. The van der Waals surface area contributed by atoms with Crippen LogP contribution < -0.4 is 10.1 Å². The fourth-order valence-electron chi connectivity index (χ4n) is 2.80. The first-order chi connectivity index (χ1) is 13.4. The Balaban J connectivity index is 2.07. The van der Waals surface area contributed by atoms with Crippen LogP contribution in [0.4, 0.5) is 8.78 Å². The highest BCUT2D eigenvalue weighted by molar-refractivity contribution is 6.00. The van der Waals surface area contributed by atoms with Gasteiger partial charge in [0.1, 0.15) is 17.0 Å². The number of carbonyl (C=O) groups excluding carboxylic acids is 1. The second-order valence-electron chi connectivity index (χ2n) is 6.22. The molecule has 2 aromatic heterocycles. The van der Waals surface area contributed by atoms with Crippen LogP contribution in [0, 0.1) is 0 Å². The number of halogens is 2. The van der Waals surface area contributed by atoms with Crippen LogP contribution in [0.25, 0.3) is 16.9 Å². The van der Waals surface area contributed by atoms with Crippen molar-refractivity contribution < 1.29 is 23.0 Å². The third-order valence-corrected chi connectivity index (χ3v) is 4.15. The zero-order chi connectivity index (χ0) is 20.3. The highest BCUT2D eigenvalue weighted by Gasteiger charge is 2.22. The predicted octanol–water partition coefficient (Wildman–Crippen LogP) is 3.11. The lowest BCUT2D eigenvalue weighted by Gasteiger charge is -2.12. The van der Waals surface area contributed by atoms with Gasteiger partial charge in [0.15, 0.2) is 5.65 Å². The monoisotopic (exact) mass is 390 g/mol. The number of hydrogen-bond donors (Lipinski definition) is 1. The van der Waals surface area contributed by atoms with E-state index in [-0.39, 0.29) is 22.9 Å². The molecule has 0 aliphatic carbocycles. The van der Waals surface area contributed by atoms with E-state index in [4.69, 9.17) is 9.47 Å². The summed E-state index contributed by atoms with van der Waals surface area (Å²) < 4.78 is 38.3. The van der Waals surface area contributed by atoms with Crippen LogP contribution in [0.3, 0.4) is 0 Å². The van der Waals surface area contributed by atoms with E-state index in [9.17, 15) is 13.6 Å². The Bertz CT molecular complexity index is 973. The van der Waals surface area contributed by atoms with Crippen molar-refractivity contribution in [3.63, 3.8) is 0 Å². The van der Waals surface area contributed by atoms with Gasteiger partial charge in [-0.1, -0.05) is 0 Å². The maximum absolute atomic E-state index is 13.6. The molecule has 1 atom stereocenters. The number of carbonyl (C=O) groups is 1. The minimum absolute atomic E-state index is 0.0609. The Kier molecular flexibility index (Phi) is 5.84. The van der Waals surface area contributed by atoms with Crippen molar-refractivity contribution in [2.24, 2.45) is 0 Å². The molecule has 2 heterocycles. The fraction of sp³-hybridized carbons (Fsp3) is 0.316. The van der Waals surface area contributed by atoms with Gasteiger partial charge >= 0.3 is 0 Å². The third-order valence-electron chi connectivity index (χ3n) is 4.15. The molecule has 0 saturated carbocycles. The number of rotatable bonds is 7. The molecule has 0 fully saturated rings. The molecule has 0 saturated heterocycles. The van der Waals surface area contributed by atoms with Crippen LogP contribution in [0.5, 0.6) is 5.75 Å². The Morgan fingerprint density at radius 1 is 1.25 bits per heavy atom. The molecule has 0 bridgehead atoms. The molecule has 148 valence electrons. The molecule has 0 aliphatic heterocycles. The van der Waals surface area contributed by atoms with E-state index in [1.54, 1.807) is 31.2 Å². The molecule has 1 amide bonds. The van der Waals surface area contributed by atoms with Crippen LogP contribution in [-0.2, 0) is 4.74 Å². The molecule has 1 N–H and O–H groups in total. The Morgan fingerprint density at radius 2 is 1.96 bits per heavy atom. The number of methoxy groups -OCH3 is 2.